The summed E-state index contributed by atoms with van der Waals surface area (Å²) >= 11 is 0. The largest absolute Gasteiger partial charge is 0.467 e. The molecule has 3 aromatic heterocycles. The number of carbonyl (C=O) groups is 1. The van der Waals surface area contributed by atoms with E-state index < -0.39 is 0 Å². The highest BCUT2D eigenvalue weighted by Gasteiger charge is 2.32. The molecule has 1 fully saturated rings. The number of piperidine rings is 1. The van der Waals surface area contributed by atoms with E-state index in [0.717, 1.165) is 19.3 Å². The van der Waals surface area contributed by atoms with Crippen LogP contribution in [0.25, 0.3) is 5.65 Å². The van der Waals surface area contributed by atoms with Crippen LogP contribution in [0.15, 0.2) is 23.0 Å². The standard InChI is InChI=1S/C15H17N7O3/c1-10-17-15(25-20-10)11-4-2-3-7-21(11)14(23)8-24-13-6-5-12-18-16-9-22(12)19-13/h5-6,9,11H,2-4,7-8H2,1H3. The van der Waals surface area contributed by atoms with Gasteiger partial charge in [-0.1, -0.05) is 5.16 Å². The third-order valence-electron chi connectivity index (χ3n) is 4.13. The van der Waals surface area contributed by atoms with Crippen LogP contribution in [0.3, 0.4) is 0 Å². The molecule has 0 aliphatic carbocycles. The summed E-state index contributed by atoms with van der Waals surface area (Å²) < 4.78 is 12.3. The van der Waals surface area contributed by atoms with E-state index in [4.69, 9.17) is 9.26 Å². The molecule has 4 heterocycles. The summed E-state index contributed by atoms with van der Waals surface area (Å²) in [5, 5.41) is 15.6. The Kier molecular flexibility index (Phi) is 4.00. The summed E-state index contributed by atoms with van der Waals surface area (Å²) in [5.74, 6) is 1.25. The fourth-order valence-electron chi connectivity index (χ4n) is 2.94. The molecule has 0 N–H and O–H groups in total. The fraction of sp³-hybridized carbons (Fsp3) is 0.467. The normalized spacial score (nSPS) is 17.8. The molecule has 0 aromatic carbocycles. The highest BCUT2D eigenvalue weighted by molar-refractivity contribution is 5.78. The van der Waals surface area contributed by atoms with E-state index in [-0.39, 0.29) is 18.6 Å². The van der Waals surface area contributed by atoms with Gasteiger partial charge in [-0.15, -0.1) is 15.3 Å². The Morgan fingerprint density at radius 3 is 3.16 bits per heavy atom. The Bertz CT molecular complexity index is 890. The summed E-state index contributed by atoms with van der Waals surface area (Å²) in [7, 11) is 0. The van der Waals surface area contributed by atoms with Crippen LogP contribution in [0.5, 0.6) is 5.88 Å². The first-order valence-electron chi connectivity index (χ1n) is 8.10. The number of aromatic nitrogens is 6. The molecule has 25 heavy (non-hydrogen) atoms. The van der Waals surface area contributed by atoms with Gasteiger partial charge < -0.3 is 14.2 Å². The number of carbonyl (C=O) groups excluding carboxylic acids is 1. The van der Waals surface area contributed by atoms with Gasteiger partial charge in [0.15, 0.2) is 18.1 Å². The van der Waals surface area contributed by atoms with Crippen LogP contribution in [0, 0.1) is 6.92 Å². The van der Waals surface area contributed by atoms with Gasteiger partial charge in [-0.3, -0.25) is 4.79 Å². The second kappa shape index (κ2) is 6.46. The van der Waals surface area contributed by atoms with Gasteiger partial charge in [-0.25, -0.2) is 0 Å². The van der Waals surface area contributed by atoms with Crippen molar-refractivity contribution in [3.63, 3.8) is 0 Å². The van der Waals surface area contributed by atoms with E-state index in [0.29, 0.717) is 29.8 Å². The van der Waals surface area contributed by atoms with E-state index in [9.17, 15) is 4.79 Å². The van der Waals surface area contributed by atoms with E-state index in [1.807, 2.05) is 0 Å². The van der Waals surface area contributed by atoms with Crippen LogP contribution in [0.4, 0.5) is 0 Å². The average molecular weight is 343 g/mol. The van der Waals surface area contributed by atoms with Gasteiger partial charge in [0, 0.05) is 12.6 Å². The molecule has 1 aliphatic heterocycles. The predicted molar refractivity (Wildman–Crippen MR) is 83.6 cm³/mol. The maximum absolute atomic E-state index is 12.6. The summed E-state index contributed by atoms with van der Waals surface area (Å²) in [5.41, 5.74) is 0.613. The van der Waals surface area contributed by atoms with Crippen LogP contribution in [0.2, 0.25) is 0 Å². The lowest BCUT2D eigenvalue weighted by Gasteiger charge is -2.33. The quantitative estimate of drug-likeness (QED) is 0.688. The molecule has 0 radical (unpaired) electrons. The molecule has 0 saturated carbocycles. The highest BCUT2D eigenvalue weighted by Crippen LogP contribution is 2.29. The number of fused-ring (bicyclic) bond motifs is 1. The van der Waals surface area contributed by atoms with E-state index in [1.54, 1.807) is 24.0 Å². The van der Waals surface area contributed by atoms with Gasteiger partial charge in [-0.2, -0.15) is 9.50 Å². The number of rotatable bonds is 4. The topological polar surface area (TPSA) is 112 Å². The minimum Gasteiger partial charge on any atom is -0.467 e. The number of nitrogens with zero attached hydrogens (tertiary/aromatic N) is 7. The zero-order chi connectivity index (χ0) is 17.2. The van der Waals surface area contributed by atoms with Crippen molar-refractivity contribution < 1.29 is 14.1 Å². The molecule has 0 bridgehead atoms. The second-order valence-electron chi connectivity index (χ2n) is 5.87. The number of ether oxygens (including phenoxy) is 1. The average Bonchev–Trinajstić information content (AvgIpc) is 3.28. The van der Waals surface area contributed by atoms with E-state index in [1.165, 1.54) is 10.8 Å². The molecule has 4 rings (SSSR count). The highest BCUT2D eigenvalue weighted by atomic mass is 16.5. The molecule has 1 aliphatic rings. The SMILES string of the molecule is Cc1noc(C2CCCCN2C(=O)COc2ccc3nncn3n2)n1. The minimum atomic E-state index is -0.195. The van der Waals surface area contributed by atoms with Gasteiger partial charge in [0.25, 0.3) is 5.91 Å². The molecule has 10 nitrogen and oxygen atoms in total. The first kappa shape index (κ1) is 15.5. The first-order chi connectivity index (χ1) is 12.2. The zero-order valence-electron chi connectivity index (χ0n) is 13.7. The molecule has 130 valence electrons. The molecule has 3 aromatic rings. The summed E-state index contributed by atoms with van der Waals surface area (Å²) in [4.78, 5) is 18.6. The number of amides is 1. The number of likely N-dealkylation sites (tertiary alicyclic amines) is 1. The van der Waals surface area contributed by atoms with Crippen molar-refractivity contribution in [3.05, 3.63) is 30.2 Å². The Hall–Kier alpha value is -3.04. The zero-order valence-corrected chi connectivity index (χ0v) is 13.7. The third kappa shape index (κ3) is 3.14. The Balaban J connectivity index is 1.45. The smallest absolute Gasteiger partial charge is 0.261 e. The number of hydrogen-bond donors (Lipinski definition) is 0. The van der Waals surface area contributed by atoms with Crippen molar-refractivity contribution in [2.75, 3.05) is 13.2 Å². The second-order valence-corrected chi connectivity index (χ2v) is 5.87. The Morgan fingerprint density at radius 2 is 2.32 bits per heavy atom. The predicted octanol–water partition coefficient (Wildman–Crippen LogP) is 0.948. The van der Waals surface area contributed by atoms with Crippen molar-refractivity contribution in [2.24, 2.45) is 0 Å². The summed E-state index contributed by atoms with van der Waals surface area (Å²) in [6.45, 7) is 2.30. The molecule has 0 spiro atoms. The maximum atomic E-state index is 12.6. The Morgan fingerprint density at radius 1 is 1.40 bits per heavy atom. The van der Waals surface area contributed by atoms with Crippen molar-refractivity contribution in [3.8, 4) is 5.88 Å². The molecule has 1 amide bonds. The number of aryl methyl sites for hydroxylation is 1. The molecule has 1 saturated heterocycles. The lowest BCUT2D eigenvalue weighted by atomic mass is 10.0. The molecular formula is C15H17N7O3. The Labute approximate surface area is 142 Å². The van der Waals surface area contributed by atoms with E-state index >= 15 is 0 Å². The third-order valence-corrected chi connectivity index (χ3v) is 4.13. The fourth-order valence-corrected chi connectivity index (χ4v) is 2.94. The van der Waals surface area contributed by atoms with Crippen molar-refractivity contribution in [1.82, 2.24) is 34.9 Å². The molecule has 1 atom stereocenters. The number of hydrogen-bond acceptors (Lipinski definition) is 8. The summed E-state index contributed by atoms with van der Waals surface area (Å²) in [6.07, 6.45) is 4.24. The maximum Gasteiger partial charge on any atom is 0.261 e. The van der Waals surface area contributed by atoms with Crippen molar-refractivity contribution >= 4 is 11.6 Å². The van der Waals surface area contributed by atoms with E-state index in [2.05, 4.69) is 25.4 Å². The van der Waals surface area contributed by atoms with Gasteiger partial charge in [-0.05, 0) is 32.3 Å². The van der Waals surface area contributed by atoms with Gasteiger partial charge in [0.1, 0.15) is 12.4 Å². The monoisotopic (exact) mass is 343 g/mol. The van der Waals surface area contributed by atoms with Crippen LogP contribution < -0.4 is 4.74 Å². The van der Waals surface area contributed by atoms with Gasteiger partial charge >= 0.3 is 0 Å². The molecular weight excluding hydrogens is 326 g/mol. The van der Waals surface area contributed by atoms with Gasteiger partial charge in [0.2, 0.25) is 11.8 Å². The molecule has 10 heteroatoms. The minimum absolute atomic E-state index is 0.107. The first-order valence-corrected chi connectivity index (χ1v) is 8.10. The lowest BCUT2D eigenvalue weighted by molar-refractivity contribution is -0.138. The van der Waals surface area contributed by atoms with Crippen LogP contribution >= 0.6 is 0 Å². The van der Waals surface area contributed by atoms with Gasteiger partial charge in [0.05, 0.1) is 0 Å². The van der Waals surface area contributed by atoms with Crippen LogP contribution in [-0.2, 0) is 4.79 Å². The van der Waals surface area contributed by atoms with Crippen molar-refractivity contribution in [1.29, 1.82) is 0 Å². The van der Waals surface area contributed by atoms with Crippen LogP contribution in [0.1, 0.15) is 37.0 Å². The summed E-state index contributed by atoms with van der Waals surface area (Å²) in [6, 6.07) is 3.19. The van der Waals surface area contributed by atoms with Crippen molar-refractivity contribution in [2.45, 2.75) is 32.2 Å². The van der Waals surface area contributed by atoms with Crippen LogP contribution in [-0.4, -0.2) is 53.9 Å². The lowest BCUT2D eigenvalue weighted by Crippen LogP contribution is -2.41. The molecule has 1 unspecified atom stereocenters.